The number of hydrogen-bond acceptors (Lipinski definition) is 9. The van der Waals surface area contributed by atoms with E-state index in [2.05, 4.69) is 24.8 Å². The molecule has 0 bridgehead atoms. The van der Waals surface area contributed by atoms with Crippen LogP contribution in [-0.2, 0) is 20.9 Å². The maximum absolute atomic E-state index is 12.1. The van der Waals surface area contributed by atoms with E-state index in [0.717, 1.165) is 64.0 Å². The van der Waals surface area contributed by atoms with Crippen molar-refractivity contribution in [1.82, 2.24) is 24.8 Å². The van der Waals surface area contributed by atoms with Crippen LogP contribution in [0.4, 0.5) is 5.95 Å². The van der Waals surface area contributed by atoms with Gasteiger partial charge in [-0.25, -0.2) is 15.0 Å². The summed E-state index contributed by atoms with van der Waals surface area (Å²) >= 11 is 6.30. The summed E-state index contributed by atoms with van der Waals surface area (Å²) in [6.45, 7) is 4.75. The Bertz CT molecular complexity index is 1110. The molecule has 2 aromatic heterocycles. The van der Waals surface area contributed by atoms with Crippen LogP contribution in [0.1, 0.15) is 44.1 Å². The van der Waals surface area contributed by atoms with Crippen molar-refractivity contribution in [3.8, 4) is 11.6 Å². The minimum Gasteiger partial charge on any atom is -0.469 e. The predicted molar refractivity (Wildman–Crippen MR) is 138 cm³/mol. The number of amides is 1. The van der Waals surface area contributed by atoms with Gasteiger partial charge in [-0.2, -0.15) is 0 Å². The number of esters is 1. The first kappa shape index (κ1) is 25.7. The summed E-state index contributed by atoms with van der Waals surface area (Å²) in [7, 11) is 1.44. The van der Waals surface area contributed by atoms with Crippen LogP contribution >= 0.6 is 11.6 Å². The highest BCUT2D eigenvalue weighted by molar-refractivity contribution is 6.29. The fraction of sp³-hybridized carbons (Fsp3) is 0.577. The molecule has 0 N–H and O–H groups in total. The monoisotopic (exact) mass is 528 g/mol. The van der Waals surface area contributed by atoms with Crippen molar-refractivity contribution in [2.24, 2.45) is 5.92 Å². The second-order valence-electron chi connectivity index (χ2n) is 10.0. The van der Waals surface area contributed by atoms with Crippen LogP contribution in [0.2, 0.25) is 5.15 Å². The SMILES string of the molecule is COC(=O)CC1CCN(Cc2cc(Cl)nc(Oc3cnc(N4CCN5C(=O)CCCC5C4)nc3)c2)CC1. The minimum atomic E-state index is -0.138. The fourth-order valence-corrected chi connectivity index (χ4v) is 5.71. The number of nitrogens with zero attached hydrogens (tertiary/aromatic N) is 6. The number of hydrogen-bond donors (Lipinski definition) is 0. The zero-order chi connectivity index (χ0) is 25.8. The molecule has 1 atom stereocenters. The van der Waals surface area contributed by atoms with Gasteiger partial charge in [-0.15, -0.1) is 0 Å². The van der Waals surface area contributed by atoms with Gasteiger partial charge in [0.1, 0.15) is 5.15 Å². The summed E-state index contributed by atoms with van der Waals surface area (Å²) in [5.74, 6) is 2.02. The lowest BCUT2D eigenvalue weighted by Gasteiger charge is -2.43. The third-order valence-electron chi connectivity index (χ3n) is 7.48. The molecule has 0 spiro atoms. The Hall–Kier alpha value is -2.98. The standard InChI is InChI=1S/C26H33ClN6O4/c1-36-25(35)13-18-5-7-31(8-6-18)16-19-11-22(27)30-23(12-19)37-21-14-28-26(29-15-21)32-9-10-33-20(17-32)3-2-4-24(33)34/h11-12,14-15,18,20H,2-10,13,16-17H2,1H3. The first-order valence-corrected chi connectivity index (χ1v) is 13.3. The van der Waals surface area contributed by atoms with E-state index in [4.69, 9.17) is 21.1 Å². The molecular weight excluding hydrogens is 496 g/mol. The van der Waals surface area contributed by atoms with Crippen molar-refractivity contribution in [3.05, 3.63) is 35.2 Å². The van der Waals surface area contributed by atoms with Gasteiger partial charge in [-0.1, -0.05) is 11.6 Å². The Morgan fingerprint density at radius 2 is 1.89 bits per heavy atom. The van der Waals surface area contributed by atoms with Gasteiger partial charge in [-0.3, -0.25) is 14.5 Å². The van der Waals surface area contributed by atoms with Crippen LogP contribution in [0.5, 0.6) is 11.6 Å². The number of likely N-dealkylation sites (tertiary alicyclic amines) is 1. The Labute approximate surface area is 221 Å². The van der Waals surface area contributed by atoms with E-state index in [1.807, 2.05) is 17.0 Å². The van der Waals surface area contributed by atoms with Crippen LogP contribution in [0.3, 0.4) is 0 Å². The summed E-state index contributed by atoms with van der Waals surface area (Å²) in [5, 5.41) is 0.366. The van der Waals surface area contributed by atoms with Crippen molar-refractivity contribution in [2.75, 3.05) is 44.7 Å². The van der Waals surface area contributed by atoms with Crippen molar-refractivity contribution < 1.29 is 19.1 Å². The Morgan fingerprint density at radius 1 is 1.11 bits per heavy atom. The lowest BCUT2D eigenvalue weighted by Crippen LogP contribution is -2.57. The highest BCUT2D eigenvalue weighted by atomic mass is 35.5. The van der Waals surface area contributed by atoms with Crippen LogP contribution < -0.4 is 9.64 Å². The number of piperidine rings is 2. The molecule has 0 saturated carbocycles. The number of aromatic nitrogens is 3. The molecule has 10 nitrogen and oxygen atoms in total. The highest BCUT2D eigenvalue weighted by Gasteiger charge is 2.33. The van der Waals surface area contributed by atoms with E-state index in [1.165, 1.54) is 7.11 Å². The second kappa shape index (κ2) is 11.6. The molecule has 0 aliphatic carbocycles. The number of carbonyl (C=O) groups excluding carboxylic acids is 2. The molecule has 1 amide bonds. The Kier molecular flexibility index (Phi) is 8.05. The van der Waals surface area contributed by atoms with Gasteiger partial charge >= 0.3 is 5.97 Å². The molecule has 3 aliphatic heterocycles. The quantitative estimate of drug-likeness (QED) is 0.395. The number of fused-ring (bicyclic) bond motifs is 1. The number of rotatable bonds is 7. The van der Waals surface area contributed by atoms with E-state index in [-0.39, 0.29) is 17.9 Å². The average Bonchev–Trinajstić information content (AvgIpc) is 2.90. The molecule has 0 radical (unpaired) electrons. The largest absolute Gasteiger partial charge is 0.469 e. The third-order valence-corrected chi connectivity index (χ3v) is 7.67. The molecule has 5 rings (SSSR count). The molecule has 5 heterocycles. The number of halogens is 1. The Morgan fingerprint density at radius 3 is 2.65 bits per heavy atom. The summed E-state index contributed by atoms with van der Waals surface area (Å²) < 4.78 is 10.7. The fourth-order valence-electron chi connectivity index (χ4n) is 5.48. The predicted octanol–water partition coefficient (Wildman–Crippen LogP) is 3.29. The maximum Gasteiger partial charge on any atom is 0.305 e. The van der Waals surface area contributed by atoms with E-state index >= 15 is 0 Å². The maximum atomic E-state index is 12.1. The van der Waals surface area contributed by atoms with Gasteiger partial charge in [0.2, 0.25) is 17.7 Å². The van der Waals surface area contributed by atoms with Crippen molar-refractivity contribution in [3.63, 3.8) is 0 Å². The van der Waals surface area contributed by atoms with Gasteiger partial charge in [0.15, 0.2) is 5.75 Å². The molecule has 1 unspecified atom stereocenters. The normalized spacial score (nSPS) is 21.0. The third kappa shape index (κ3) is 6.48. The second-order valence-corrected chi connectivity index (χ2v) is 10.4. The van der Waals surface area contributed by atoms with Gasteiger partial charge in [0, 0.05) is 51.1 Å². The van der Waals surface area contributed by atoms with Gasteiger partial charge in [-0.05, 0) is 56.3 Å². The number of methoxy groups -OCH3 is 1. The molecule has 11 heteroatoms. The highest BCUT2D eigenvalue weighted by Crippen LogP contribution is 2.27. The zero-order valence-electron chi connectivity index (χ0n) is 21.1. The number of pyridine rings is 1. The first-order chi connectivity index (χ1) is 18.0. The van der Waals surface area contributed by atoms with Crippen LogP contribution in [0.15, 0.2) is 24.5 Å². The van der Waals surface area contributed by atoms with E-state index in [9.17, 15) is 9.59 Å². The topological polar surface area (TPSA) is 101 Å². The minimum absolute atomic E-state index is 0.138. The van der Waals surface area contributed by atoms with Crippen molar-refractivity contribution in [1.29, 1.82) is 0 Å². The zero-order valence-corrected chi connectivity index (χ0v) is 21.9. The first-order valence-electron chi connectivity index (χ1n) is 13.0. The molecule has 3 aliphatic rings. The number of piperazine rings is 1. The van der Waals surface area contributed by atoms with Crippen molar-refractivity contribution >= 4 is 29.4 Å². The summed E-state index contributed by atoms with van der Waals surface area (Å²) in [6, 6.07) is 3.98. The summed E-state index contributed by atoms with van der Waals surface area (Å²) in [6.07, 6.45) is 8.35. The average molecular weight is 529 g/mol. The molecule has 3 saturated heterocycles. The van der Waals surface area contributed by atoms with E-state index in [1.54, 1.807) is 12.4 Å². The van der Waals surface area contributed by atoms with E-state index < -0.39 is 0 Å². The number of carbonyl (C=O) groups is 2. The lowest BCUT2D eigenvalue weighted by molar-refractivity contribution is -0.142. The number of ether oxygens (including phenoxy) is 2. The molecule has 0 aromatic carbocycles. The van der Waals surface area contributed by atoms with Gasteiger partial charge in [0.05, 0.1) is 19.5 Å². The van der Waals surface area contributed by atoms with Crippen LogP contribution in [0, 0.1) is 5.92 Å². The molecule has 198 valence electrons. The van der Waals surface area contributed by atoms with Crippen LogP contribution in [0.25, 0.3) is 0 Å². The molecular formula is C26H33ClN6O4. The smallest absolute Gasteiger partial charge is 0.305 e. The van der Waals surface area contributed by atoms with Gasteiger partial charge < -0.3 is 19.3 Å². The lowest BCUT2D eigenvalue weighted by atomic mass is 9.93. The van der Waals surface area contributed by atoms with Crippen molar-refractivity contribution in [2.45, 2.75) is 51.1 Å². The summed E-state index contributed by atoms with van der Waals surface area (Å²) in [4.78, 5) is 43.5. The summed E-state index contributed by atoms with van der Waals surface area (Å²) in [5.41, 5.74) is 1.01. The van der Waals surface area contributed by atoms with Crippen LogP contribution in [-0.4, -0.2) is 82.5 Å². The molecule has 37 heavy (non-hydrogen) atoms. The molecule has 3 fully saturated rings. The van der Waals surface area contributed by atoms with E-state index in [0.29, 0.717) is 48.0 Å². The number of anilines is 1. The molecule has 2 aromatic rings. The van der Waals surface area contributed by atoms with Gasteiger partial charge in [0.25, 0.3) is 0 Å². The Balaban J connectivity index is 1.16.